The molecule has 0 aromatic carbocycles. The number of hydrogen-bond donors (Lipinski definition) is 1. The van der Waals surface area contributed by atoms with Gasteiger partial charge in [0.1, 0.15) is 0 Å². The minimum atomic E-state index is -0.748. The van der Waals surface area contributed by atoms with E-state index in [9.17, 15) is 4.79 Å². The van der Waals surface area contributed by atoms with Crippen LogP contribution in [0.15, 0.2) is 11.6 Å². The van der Waals surface area contributed by atoms with Crippen molar-refractivity contribution in [3.05, 3.63) is 11.6 Å². The number of carbonyl (C=O) groups is 1. The Kier molecular flexibility index (Phi) is 2.39. The van der Waals surface area contributed by atoms with Crippen LogP contribution in [0.1, 0.15) is 46.0 Å². The Bertz CT molecular complexity index is 368. The van der Waals surface area contributed by atoms with Crippen molar-refractivity contribution in [1.82, 2.24) is 0 Å². The minimum Gasteiger partial charge on any atom is -0.478 e. The van der Waals surface area contributed by atoms with E-state index in [0.29, 0.717) is 16.9 Å². The Labute approximate surface area is 103 Å². The monoisotopic (exact) mass is 234 g/mol. The predicted octanol–water partition coefficient (Wildman–Crippen LogP) is 3.48. The maximum atomic E-state index is 11.0. The zero-order valence-corrected chi connectivity index (χ0v) is 10.8. The van der Waals surface area contributed by atoms with Crippen LogP contribution in [0.25, 0.3) is 0 Å². The minimum absolute atomic E-state index is 0.394. The van der Waals surface area contributed by atoms with Gasteiger partial charge in [0.2, 0.25) is 0 Å². The van der Waals surface area contributed by atoms with Gasteiger partial charge in [-0.1, -0.05) is 13.0 Å². The quantitative estimate of drug-likeness (QED) is 0.743. The van der Waals surface area contributed by atoms with Crippen molar-refractivity contribution in [3.63, 3.8) is 0 Å². The second-order valence-electron chi connectivity index (χ2n) is 6.94. The number of rotatable bonds is 2. The first kappa shape index (κ1) is 11.3. The van der Waals surface area contributed by atoms with E-state index >= 15 is 0 Å². The molecule has 3 unspecified atom stereocenters. The summed E-state index contributed by atoms with van der Waals surface area (Å²) in [6, 6.07) is 0. The van der Waals surface area contributed by atoms with Crippen LogP contribution < -0.4 is 0 Å². The first-order chi connectivity index (χ1) is 7.98. The van der Waals surface area contributed by atoms with Crippen LogP contribution in [0, 0.1) is 29.1 Å². The Morgan fingerprint density at radius 1 is 1.24 bits per heavy atom. The van der Waals surface area contributed by atoms with E-state index in [0.717, 1.165) is 17.8 Å². The third kappa shape index (κ3) is 1.73. The van der Waals surface area contributed by atoms with Crippen LogP contribution in [0.3, 0.4) is 0 Å². The number of carboxylic acid groups (broad SMARTS) is 1. The van der Waals surface area contributed by atoms with Gasteiger partial charge < -0.3 is 5.11 Å². The molecular weight excluding hydrogens is 212 g/mol. The molecule has 0 radical (unpaired) electrons. The van der Waals surface area contributed by atoms with Gasteiger partial charge in [-0.15, -0.1) is 0 Å². The second-order valence-corrected chi connectivity index (χ2v) is 6.94. The van der Waals surface area contributed by atoms with Crippen molar-refractivity contribution in [1.29, 1.82) is 0 Å². The van der Waals surface area contributed by atoms with Gasteiger partial charge >= 0.3 is 5.97 Å². The van der Waals surface area contributed by atoms with Crippen LogP contribution in [0.5, 0.6) is 0 Å². The fourth-order valence-electron chi connectivity index (χ4n) is 5.16. The predicted molar refractivity (Wildman–Crippen MR) is 66.5 cm³/mol. The molecule has 2 nitrogen and oxygen atoms in total. The Hall–Kier alpha value is -0.790. The lowest BCUT2D eigenvalue weighted by atomic mass is 9.45. The lowest BCUT2D eigenvalue weighted by molar-refractivity contribution is -0.132. The molecule has 0 spiro atoms. The van der Waals surface area contributed by atoms with E-state index in [2.05, 4.69) is 13.0 Å². The highest BCUT2D eigenvalue weighted by molar-refractivity contribution is 5.85. The maximum absolute atomic E-state index is 11.0. The fraction of sp³-hybridized carbons (Fsp3) is 0.800. The van der Waals surface area contributed by atoms with Gasteiger partial charge in [-0.2, -0.15) is 0 Å². The average molecular weight is 234 g/mol. The van der Waals surface area contributed by atoms with Crippen LogP contribution in [0.4, 0.5) is 0 Å². The molecule has 2 heteroatoms. The van der Waals surface area contributed by atoms with Gasteiger partial charge in [-0.3, -0.25) is 0 Å². The van der Waals surface area contributed by atoms with Crippen LogP contribution in [-0.4, -0.2) is 11.1 Å². The van der Waals surface area contributed by atoms with Crippen molar-refractivity contribution in [3.8, 4) is 0 Å². The number of carboxylic acids is 1. The largest absolute Gasteiger partial charge is 0.478 e. The summed E-state index contributed by atoms with van der Waals surface area (Å²) in [6.07, 6.45) is 8.87. The van der Waals surface area contributed by atoms with Crippen LogP contribution in [0.2, 0.25) is 0 Å². The van der Waals surface area contributed by atoms with Crippen molar-refractivity contribution in [2.45, 2.75) is 46.0 Å². The zero-order valence-electron chi connectivity index (χ0n) is 10.8. The van der Waals surface area contributed by atoms with Crippen molar-refractivity contribution >= 4 is 5.97 Å². The molecule has 1 N–H and O–H groups in total. The fourth-order valence-corrected chi connectivity index (χ4v) is 5.16. The molecular formula is C15H22O2. The van der Waals surface area contributed by atoms with E-state index < -0.39 is 5.97 Å². The molecule has 0 heterocycles. The molecule has 4 saturated carbocycles. The van der Waals surface area contributed by atoms with Gasteiger partial charge in [-0.05, 0) is 68.1 Å². The smallest absolute Gasteiger partial charge is 0.330 e. The van der Waals surface area contributed by atoms with E-state index in [4.69, 9.17) is 5.11 Å². The third-order valence-electron chi connectivity index (χ3n) is 5.53. The normalized spacial score (nSPS) is 48.5. The van der Waals surface area contributed by atoms with E-state index in [1.807, 2.05) is 0 Å². The van der Waals surface area contributed by atoms with Gasteiger partial charge in [-0.25, -0.2) is 4.79 Å². The first-order valence-corrected chi connectivity index (χ1v) is 6.89. The summed E-state index contributed by atoms with van der Waals surface area (Å²) in [5, 5.41) is 9.05. The highest BCUT2D eigenvalue weighted by atomic mass is 16.4. The lowest BCUT2D eigenvalue weighted by Crippen LogP contribution is -2.50. The Balaban J connectivity index is 1.90. The van der Waals surface area contributed by atoms with Crippen LogP contribution >= 0.6 is 0 Å². The number of allylic oxidation sites excluding steroid dienone is 1. The Morgan fingerprint density at radius 3 is 2.29 bits per heavy atom. The van der Waals surface area contributed by atoms with Gasteiger partial charge in [0.15, 0.2) is 0 Å². The summed E-state index contributed by atoms with van der Waals surface area (Å²) >= 11 is 0. The highest BCUT2D eigenvalue weighted by Gasteiger charge is 2.53. The highest BCUT2D eigenvalue weighted by Crippen LogP contribution is 2.63. The molecule has 17 heavy (non-hydrogen) atoms. The standard InChI is InChI=1S/C15H22O2/c1-9(14(16)17)3-13-12-5-10-4-11(6-12)8-15(13,2)7-10/h3,10-13H,4-8H2,1-2H3,(H,16,17). The van der Waals surface area contributed by atoms with Crippen molar-refractivity contribution in [2.75, 3.05) is 0 Å². The molecule has 3 atom stereocenters. The summed E-state index contributed by atoms with van der Waals surface area (Å²) < 4.78 is 0. The molecule has 0 aliphatic heterocycles. The summed E-state index contributed by atoms with van der Waals surface area (Å²) in [6.45, 7) is 4.14. The molecule has 0 aromatic heterocycles. The topological polar surface area (TPSA) is 37.3 Å². The molecule has 0 aromatic rings. The van der Waals surface area contributed by atoms with Crippen molar-refractivity contribution < 1.29 is 9.90 Å². The first-order valence-electron chi connectivity index (χ1n) is 6.89. The molecule has 4 rings (SSSR count). The van der Waals surface area contributed by atoms with E-state index in [1.54, 1.807) is 6.92 Å². The number of hydrogen-bond acceptors (Lipinski definition) is 1. The number of aliphatic carboxylic acids is 1. The second kappa shape index (κ2) is 3.60. The van der Waals surface area contributed by atoms with E-state index in [1.165, 1.54) is 32.1 Å². The van der Waals surface area contributed by atoms with E-state index in [-0.39, 0.29) is 0 Å². The SMILES string of the molecule is CC(=CC1C2CC3CC(C2)CC1(C)C3)C(=O)O. The maximum Gasteiger partial charge on any atom is 0.330 e. The van der Waals surface area contributed by atoms with Crippen molar-refractivity contribution in [2.24, 2.45) is 29.1 Å². The molecule has 0 amide bonds. The van der Waals surface area contributed by atoms with Crippen LogP contribution in [-0.2, 0) is 4.79 Å². The molecule has 0 saturated heterocycles. The molecule has 4 fully saturated rings. The summed E-state index contributed by atoms with van der Waals surface area (Å²) in [4.78, 5) is 11.0. The molecule has 4 aliphatic rings. The molecule has 4 bridgehead atoms. The average Bonchev–Trinajstić information content (AvgIpc) is 2.21. The Morgan fingerprint density at radius 2 is 1.82 bits per heavy atom. The van der Waals surface area contributed by atoms with Gasteiger partial charge in [0, 0.05) is 5.57 Å². The zero-order chi connectivity index (χ0) is 12.2. The molecule has 94 valence electrons. The van der Waals surface area contributed by atoms with Gasteiger partial charge in [0.25, 0.3) is 0 Å². The molecule has 4 aliphatic carbocycles. The summed E-state index contributed by atoms with van der Waals surface area (Å²) in [5.41, 5.74) is 0.939. The van der Waals surface area contributed by atoms with Gasteiger partial charge in [0.05, 0.1) is 0 Å². The summed E-state index contributed by atoms with van der Waals surface area (Å²) in [7, 11) is 0. The third-order valence-corrected chi connectivity index (χ3v) is 5.53. The summed E-state index contributed by atoms with van der Waals surface area (Å²) in [5.74, 6) is 2.41. The lowest BCUT2D eigenvalue weighted by Gasteiger charge is -2.59.